The van der Waals surface area contributed by atoms with Gasteiger partial charge in [-0.2, -0.15) is 17.0 Å². The Morgan fingerprint density at radius 3 is 2.75 bits per heavy atom. The summed E-state index contributed by atoms with van der Waals surface area (Å²) >= 11 is 1.48. The number of nitriles is 1. The number of anilines is 2. The van der Waals surface area contributed by atoms with Crippen molar-refractivity contribution in [1.82, 2.24) is 5.32 Å². The molecule has 128 valence electrons. The number of carbonyl (C=O) groups is 2. The number of nitrogens with two attached hydrogens (primary N) is 1. The summed E-state index contributed by atoms with van der Waals surface area (Å²) in [6.07, 6.45) is 3.33. The normalized spacial score (nSPS) is 12.1. The Kier molecular flexibility index (Phi) is 7.65. The molecule has 5 N–H and O–H groups in total. The Labute approximate surface area is 144 Å². The molecule has 0 aliphatic carbocycles. The quantitative estimate of drug-likeness (QED) is 0.320. The first kappa shape index (κ1) is 19.4. The molecule has 8 heteroatoms. The van der Waals surface area contributed by atoms with Crippen molar-refractivity contribution in [3.63, 3.8) is 0 Å². The van der Waals surface area contributed by atoms with E-state index in [-0.39, 0.29) is 12.0 Å². The van der Waals surface area contributed by atoms with Crippen LogP contribution in [0.25, 0.3) is 0 Å². The van der Waals surface area contributed by atoms with Gasteiger partial charge < -0.3 is 21.5 Å². The molecule has 0 heterocycles. The van der Waals surface area contributed by atoms with Gasteiger partial charge in [-0.25, -0.2) is 4.79 Å². The molecule has 1 aromatic rings. The number of carboxylic acid groups (broad SMARTS) is 1. The maximum atomic E-state index is 12.1. The average Bonchev–Trinajstić information content (AvgIpc) is 2.53. The van der Waals surface area contributed by atoms with Gasteiger partial charge in [0.25, 0.3) is 5.91 Å². The maximum absolute atomic E-state index is 12.1. The fraction of sp³-hybridized carbons (Fsp3) is 0.312. The Hall–Kier alpha value is -2.66. The molecule has 0 spiro atoms. The number of nitrogens with zero attached hydrogens (tertiary/aromatic N) is 1. The van der Waals surface area contributed by atoms with Gasteiger partial charge in [-0.1, -0.05) is 6.07 Å². The largest absolute Gasteiger partial charge is 0.480 e. The third kappa shape index (κ3) is 5.85. The zero-order chi connectivity index (χ0) is 18.1. The van der Waals surface area contributed by atoms with Crippen molar-refractivity contribution in [1.29, 1.82) is 5.26 Å². The van der Waals surface area contributed by atoms with Crippen LogP contribution in [0.5, 0.6) is 0 Å². The van der Waals surface area contributed by atoms with Crippen LogP contribution in [0.2, 0.25) is 0 Å². The predicted molar refractivity (Wildman–Crippen MR) is 95.5 cm³/mol. The third-order valence-corrected chi connectivity index (χ3v) is 3.80. The highest BCUT2D eigenvalue weighted by Gasteiger charge is 2.21. The summed E-state index contributed by atoms with van der Waals surface area (Å²) in [6.45, 7) is 1.89. The fourth-order valence-electron chi connectivity index (χ4n) is 1.84. The molecule has 1 aromatic carbocycles. The van der Waals surface area contributed by atoms with Gasteiger partial charge in [-0.15, -0.1) is 0 Å². The molecule has 0 aliphatic heterocycles. The molecule has 0 aliphatic rings. The lowest BCUT2D eigenvalue weighted by Crippen LogP contribution is -2.41. The van der Waals surface area contributed by atoms with Crippen molar-refractivity contribution in [3.8, 4) is 6.07 Å². The molecule has 1 atom stereocenters. The van der Waals surface area contributed by atoms with Crippen molar-refractivity contribution in [3.05, 3.63) is 35.5 Å². The summed E-state index contributed by atoms with van der Waals surface area (Å²) in [5.41, 5.74) is 7.63. The first-order chi connectivity index (χ1) is 11.4. The number of aryl methyl sites for hydroxylation is 1. The van der Waals surface area contributed by atoms with E-state index in [1.165, 1.54) is 18.0 Å². The van der Waals surface area contributed by atoms with E-state index in [9.17, 15) is 9.59 Å². The summed E-state index contributed by atoms with van der Waals surface area (Å²) in [5, 5.41) is 23.4. The highest BCUT2D eigenvalue weighted by atomic mass is 32.2. The Balaban J connectivity index is 2.81. The standard InChI is InChI=1S/C16H20N4O3S/c1-10-3-4-13(12(18)7-10)19-9-11(8-17)15(21)20-14(16(22)23)5-6-24-2/h3-4,7,9,14,19H,5-6,18H2,1-2H3,(H,20,21)(H,22,23)/b11-9-. The van der Waals surface area contributed by atoms with Gasteiger partial charge in [0, 0.05) is 6.20 Å². The molecule has 0 aromatic heterocycles. The highest BCUT2D eigenvalue weighted by molar-refractivity contribution is 7.98. The summed E-state index contributed by atoms with van der Waals surface area (Å²) in [6, 6.07) is 6.03. The fourth-order valence-corrected chi connectivity index (χ4v) is 2.31. The minimum atomic E-state index is -1.13. The van der Waals surface area contributed by atoms with Crippen LogP contribution in [0, 0.1) is 18.3 Å². The van der Waals surface area contributed by atoms with Crippen molar-refractivity contribution in [2.45, 2.75) is 19.4 Å². The van der Waals surface area contributed by atoms with E-state index in [1.807, 2.05) is 19.2 Å². The molecule has 7 nitrogen and oxygen atoms in total. The lowest BCUT2D eigenvalue weighted by Gasteiger charge is -2.13. The van der Waals surface area contributed by atoms with Crippen LogP contribution in [0.15, 0.2) is 30.0 Å². The SMILES string of the molecule is CSCCC(NC(=O)/C(C#N)=C\Nc1ccc(C)cc1N)C(=O)O. The molecule has 0 fully saturated rings. The molecule has 0 saturated carbocycles. The number of nitrogen functional groups attached to an aromatic ring is 1. The molecule has 1 unspecified atom stereocenters. The van der Waals surface area contributed by atoms with Crippen LogP contribution < -0.4 is 16.4 Å². The van der Waals surface area contributed by atoms with Crippen molar-refractivity contribution < 1.29 is 14.7 Å². The zero-order valence-corrected chi connectivity index (χ0v) is 14.3. The van der Waals surface area contributed by atoms with Gasteiger partial charge in [0.05, 0.1) is 11.4 Å². The first-order valence-corrected chi connectivity index (χ1v) is 8.54. The molecule has 0 saturated heterocycles. The Morgan fingerprint density at radius 2 is 2.21 bits per heavy atom. The molecular weight excluding hydrogens is 328 g/mol. The minimum absolute atomic E-state index is 0.231. The number of thioether (sulfide) groups is 1. The van der Waals surface area contributed by atoms with E-state index < -0.39 is 17.9 Å². The number of nitrogens with one attached hydrogen (secondary N) is 2. The van der Waals surface area contributed by atoms with Crippen molar-refractivity contribution >= 4 is 35.0 Å². The second-order valence-corrected chi connectivity index (χ2v) is 6.04. The number of carbonyl (C=O) groups excluding carboxylic acids is 1. The first-order valence-electron chi connectivity index (χ1n) is 7.14. The predicted octanol–water partition coefficient (Wildman–Crippen LogP) is 1.72. The van der Waals surface area contributed by atoms with Crippen LogP contribution in [-0.4, -0.2) is 35.0 Å². The highest BCUT2D eigenvalue weighted by Crippen LogP contribution is 2.19. The van der Waals surface area contributed by atoms with Gasteiger partial charge in [-0.05, 0) is 43.0 Å². The van der Waals surface area contributed by atoms with Crippen molar-refractivity contribution in [2.75, 3.05) is 23.1 Å². The number of amides is 1. The van der Waals surface area contributed by atoms with Crippen LogP contribution in [0.4, 0.5) is 11.4 Å². The van der Waals surface area contributed by atoms with E-state index in [2.05, 4.69) is 10.6 Å². The average molecular weight is 348 g/mol. The summed E-state index contributed by atoms with van der Waals surface area (Å²) in [7, 11) is 0. The van der Waals surface area contributed by atoms with Crippen LogP contribution in [-0.2, 0) is 9.59 Å². The molecule has 0 radical (unpaired) electrons. The molecular formula is C16H20N4O3S. The Bertz CT molecular complexity index is 682. The van der Waals surface area contributed by atoms with Gasteiger partial charge in [0.15, 0.2) is 0 Å². The monoisotopic (exact) mass is 348 g/mol. The van der Waals surface area contributed by atoms with Gasteiger partial charge in [0.2, 0.25) is 0 Å². The second-order valence-electron chi connectivity index (χ2n) is 5.05. The molecule has 1 rings (SSSR count). The van der Waals surface area contributed by atoms with E-state index >= 15 is 0 Å². The zero-order valence-electron chi connectivity index (χ0n) is 13.5. The second kappa shape index (κ2) is 9.47. The van der Waals surface area contributed by atoms with Crippen LogP contribution >= 0.6 is 11.8 Å². The topological polar surface area (TPSA) is 128 Å². The molecule has 0 bridgehead atoms. The smallest absolute Gasteiger partial charge is 0.326 e. The number of carboxylic acids is 1. The van der Waals surface area contributed by atoms with Crippen LogP contribution in [0.1, 0.15) is 12.0 Å². The summed E-state index contributed by atoms with van der Waals surface area (Å²) in [5.74, 6) is -1.30. The lowest BCUT2D eigenvalue weighted by atomic mass is 10.2. The third-order valence-electron chi connectivity index (χ3n) is 3.16. The van der Waals surface area contributed by atoms with E-state index in [0.717, 1.165) is 5.56 Å². The molecule has 1 amide bonds. The number of hydrogen-bond acceptors (Lipinski definition) is 6. The number of benzene rings is 1. The van der Waals surface area contributed by atoms with Gasteiger partial charge in [-0.3, -0.25) is 4.79 Å². The number of hydrogen-bond donors (Lipinski definition) is 4. The lowest BCUT2D eigenvalue weighted by molar-refractivity contribution is -0.141. The maximum Gasteiger partial charge on any atom is 0.326 e. The summed E-state index contributed by atoms with van der Waals surface area (Å²) in [4.78, 5) is 23.2. The van der Waals surface area contributed by atoms with Gasteiger partial charge in [0.1, 0.15) is 17.7 Å². The molecule has 24 heavy (non-hydrogen) atoms. The van der Waals surface area contributed by atoms with E-state index in [4.69, 9.17) is 16.1 Å². The van der Waals surface area contributed by atoms with E-state index in [1.54, 1.807) is 18.2 Å². The Morgan fingerprint density at radius 1 is 1.50 bits per heavy atom. The minimum Gasteiger partial charge on any atom is -0.480 e. The van der Waals surface area contributed by atoms with Crippen molar-refractivity contribution in [2.24, 2.45) is 0 Å². The van der Waals surface area contributed by atoms with E-state index in [0.29, 0.717) is 17.1 Å². The number of aliphatic carboxylic acids is 1. The van der Waals surface area contributed by atoms with Gasteiger partial charge >= 0.3 is 5.97 Å². The number of rotatable bonds is 8. The summed E-state index contributed by atoms with van der Waals surface area (Å²) < 4.78 is 0. The van der Waals surface area contributed by atoms with Crippen LogP contribution in [0.3, 0.4) is 0 Å².